The van der Waals surface area contributed by atoms with Crippen molar-refractivity contribution in [2.45, 2.75) is 26.8 Å². The summed E-state index contributed by atoms with van der Waals surface area (Å²) >= 11 is 1.26. The quantitative estimate of drug-likeness (QED) is 0.270. The first-order valence-corrected chi connectivity index (χ1v) is 13.3. The molecule has 0 radical (unpaired) electrons. The van der Waals surface area contributed by atoms with Gasteiger partial charge < -0.3 is 9.47 Å². The van der Waals surface area contributed by atoms with E-state index in [1.165, 1.54) is 11.3 Å². The maximum absolute atomic E-state index is 13.7. The maximum atomic E-state index is 13.7. The smallest absolute Gasteiger partial charge is 0.343 e. The second kappa shape index (κ2) is 11.0. The third kappa shape index (κ3) is 5.37. The standard InChI is InChI=1S/C31H26N2O5S/c1-4-37-30(36)26-20(3)32-31-33(27(26)22-10-6-5-7-11-22)28(34)25(39-31)18-21-13-15-24(16-14-21)38-29(35)23-12-8-9-19(2)17-23/h5-18,27H,4H2,1-3H3/b25-18+/t27-/m0/s1. The minimum absolute atomic E-state index is 0.220. The molecule has 0 aliphatic carbocycles. The van der Waals surface area contributed by atoms with Crippen molar-refractivity contribution < 1.29 is 19.1 Å². The highest BCUT2D eigenvalue weighted by Gasteiger charge is 2.33. The summed E-state index contributed by atoms with van der Waals surface area (Å²) in [5.74, 6) is -0.523. The maximum Gasteiger partial charge on any atom is 0.343 e. The number of rotatable bonds is 6. The predicted octanol–water partition coefficient (Wildman–Crippen LogP) is 4.33. The van der Waals surface area contributed by atoms with Crippen LogP contribution in [0.5, 0.6) is 5.75 Å². The summed E-state index contributed by atoms with van der Waals surface area (Å²) in [6, 6.07) is 22.9. The minimum Gasteiger partial charge on any atom is -0.463 e. The highest BCUT2D eigenvalue weighted by molar-refractivity contribution is 7.07. The fourth-order valence-electron chi connectivity index (χ4n) is 4.46. The Morgan fingerprint density at radius 2 is 1.72 bits per heavy atom. The van der Waals surface area contributed by atoms with Gasteiger partial charge in [-0.1, -0.05) is 71.5 Å². The van der Waals surface area contributed by atoms with Crippen LogP contribution in [0.4, 0.5) is 0 Å². The summed E-state index contributed by atoms with van der Waals surface area (Å²) in [5, 5.41) is 0. The molecule has 0 saturated carbocycles. The molecule has 0 unspecified atom stereocenters. The first kappa shape index (κ1) is 26.1. The second-order valence-electron chi connectivity index (χ2n) is 9.04. The van der Waals surface area contributed by atoms with Gasteiger partial charge in [-0.25, -0.2) is 14.6 Å². The Hall–Kier alpha value is -4.56. The molecule has 1 atom stereocenters. The summed E-state index contributed by atoms with van der Waals surface area (Å²) < 4.78 is 12.8. The van der Waals surface area contributed by atoms with Gasteiger partial charge in [0.05, 0.1) is 34.0 Å². The number of hydrogen-bond donors (Lipinski definition) is 0. The molecular formula is C31H26N2O5S. The molecule has 39 heavy (non-hydrogen) atoms. The molecule has 8 heteroatoms. The van der Waals surface area contributed by atoms with E-state index in [1.54, 1.807) is 60.9 Å². The van der Waals surface area contributed by atoms with Crippen LogP contribution in [0.3, 0.4) is 0 Å². The number of ether oxygens (including phenoxy) is 2. The van der Waals surface area contributed by atoms with Gasteiger partial charge in [-0.3, -0.25) is 9.36 Å². The zero-order chi connectivity index (χ0) is 27.5. The van der Waals surface area contributed by atoms with Gasteiger partial charge in [-0.05, 0) is 62.2 Å². The van der Waals surface area contributed by atoms with E-state index in [0.717, 1.165) is 16.7 Å². The molecule has 0 bridgehead atoms. The lowest BCUT2D eigenvalue weighted by atomic mass is 9.96. The van der Waals surface area contributed by atoms with Gasteiger partial charge in [0.25, 0.3) is 5.56 Å². The Morgan fingerprint density at radius 1 is 0.974 bits per heavy atom. The molecule has 3 aromatic carbocycles. The molecule has 4 aromatic rings. The van der Waals surface area contributed by atoms with E-state index in [4.69, 9.17) is 9.47 Å². The third-order valence-electron chi connectivity index (χ3n) is 6.27. The van der Waals surface area contributed by atoms with Crippen LogP contribution < -0.4 is 19.6 Å². The summed E-state index contributed by atoms with van der Waals surface area (Å²) in [5.41, 5.74) is 3.62. The number of aromatic nitrogens is 1. The Labute approximate surface area is 229 Å². The lowest BCUT2D eigenvalue weighted by molar-refractivity contribution is -0.139. The zero-order valence-corrected chi connectivity index (χ0v) is 22.5. The lowest BCUT2D eigenvalue weighted by Crippen LogP contribution is -2.39. The third-order valence-corrected chi connectivity index (χ3v) is 7.26. The molecular weight excluding hydrogens is 512 g/mol. The monoisotopic (exact) mass is 538 g/mol. The number of carbonyl (C=O) groups excluding carboxylic acids is 2. The summed E-state index contributed by atoms with van der Waals surface area (Å²) in [6.07, 6.45) is 1.77. The number of benzene rings is 3. The molecule has 1 aliphatic rings. The molecule has 2 heterocycles. The van der Waals surface area contributed by atoms with E-state index in [0.29, 0.717) is 31.9 Å². The van der Waals surface area contributed by atoms with Gasteiger partial charge in [0, 0.05) is 0 Å². The summed E-state index contributed by atoms with van der Waals surface area (Å²) in [7, 11) is 0. The average molecular weight is 539 g/mol. The predicted molar refractivity (Wildman–Crippen MR) is 149 cm³/mol. The van der Waals surface area contributed by atoms with Gasteiger partial charge in [0.15, 0.2) is 4.80 Å². The van der Waals surface area contributed by atoms with E-state index in [1.807, 2.05) is 49.4 Å². The normalized spacial score (nSPS) is 14.9. The van der Waals surface area contributed by atoms with Crippen LogP contribution in [0.25, 0.3) is 6.08 Å². The topological polar surface area (TPSA) is 87.0 Å². The van der Waals surface area contributed by atoms with Crippen LogP contribution in [-0.4, -0.2) is 23.1 Å². The first-order chi connectivity index (χ1) is 18.9. The van der Waals surface area contributed by atoms with E-state index < -0.39 is 18.0 Å². The number of allylic oxidation sites excluding steroid dienone is 1. The lowest BCUT2D eigenvalue weighted by Gasteiger charge is -2.24. The molecule has 1 aliphatic heterocycles. The summed E-state index contributed by atoms with van der Waals surface area (Å²) in [4.78, 5) is 44.2. The zero-order valence-electron chi connectivity index (χ0n) is 21.7. The van der Waals surface area contributed by atoms with E-state index >= 15 is 0 Å². The molecule has 0 amide bonds. The first-order valence-electron chi connectivity index (χ1n) is 12.5. The van der Waals surface area contributed by atoms with Crippen LogP contribution in [-0.2, 0) is 9.53 Å². The highest BCUT2D eigenvalue weighted by Crippen LogP contribution is 2.30. The molecule has 1 aromatic heterocycles. The molecule has 196 valence electrons. The number of hydrogen-bond acceptors (Lipinski definition) is 7. The van der Waals surface area contributed by atoms with Crippen molar-refractivity contribution >= 4 is 29.4 Å². The number of nitrogens with zero attached hydrogens (tertiary/aromatic N) is 2. The fraction of sp³-hybridized carbons (Fsp3) is 0.161. The SMILES string of the molecule is CCOC(=O)C1=C(C)N=c2s/c(=C/c3ccc(OC(=O)c4cccc(C)c4)cc3)c(=O)n2[C@H]1c1ccccc1. The van der Waals surface area contributed by atoms with Crippen molar-refractivity contribution in [3.8, 4) is 5.75 Å². The van der Waals surface area contributed by atoms with Crippen molar-refractivity contribution in [3.63, 3.8) is 0 Å². The minimum atomic E-state index is -0.646. The number of thiazole rings is 1. The van der Waals surface area contributed by atoms with Crippen LogP contribution in [0.2, 0.25) is 0 Å². The Balaban J connectivity index is 1.49. The van der Waals surface area contributed by atoms with Crippen molar-refractivity contribution in [1.82, 2.24) is 4.57 Å². The number of carbonyl (C=O) groups is 2. The Morgan fingerprint density at radius 3 is 2.41 bits per heavy atom. The summed E-state index contributed by atoms with van der Waals surface area (Å²) in [6.45, 7) is 5.64. The Bertz CT molecular complexity index is 1770. The van der Waals surface area contributed by atoms with Crippen molar-refractivity contribution in [3.05, 3.63) is 132 Å². The largest absolute Gasteiger partial charge is 0.463 e. The van der Waals surface area contributed by atoms with Gasteiger partial charge in [-0.2, -0.15) is 0 Å². The molecule has 0 N–H and O–H groups in total. The van der Waals surface area contributed by atoms with Gasteiger partial charge in [0.1, 0.15) is 5.75 Å². The van der Waals surface area contributed by atoms with Gasteiger partial charge in [0.2, 0.25) is 0 Å². The van der Waals surface area contributed by atoms with Crippen molar-refractivity contribution in [1.29, 1.82) is 0 Å². The van der Waals surface area contributed by atoms with Crippen LogP contribution >= 0.6 is 11.3 Å². The number of fused-ring (bicyclic) bond motifs is 1. The van der Waals surface area contributed by atoms with Gasteiger partial charge >= 0.3 is 11.9 Å². The van der Waals surface area contributed by atoms with Crippen LogP contribution in [0.15, 0.2) is 99.9 Å². The molecule has 0 fully saturated rings. The van der Waals surface area contributed by atoms with Crippen LogP contribution in [0.1, 0.15) is 46.9 Å². The van der Waals surface area contributed by atoms with Gasteiger partial charge in [-0.15, -0.1) is 0 Å². The van der Waals surface area contributed by atoms with E-state index in [-0.39, 0.29) is 12.2 Å². The van der Waals surface area contributed by atoms with Crippen LogP contribution in [0, 0.1) is 6.92 Å². The molecule has 7 nitrogen and oxygen atoms in total. The van der Waals surface area contributed by atoms with E-state index in [9.17, 15) is 14.4 Å². The van der Waals surface area contributed by atoms with E-state index in [2.05, 4.69) is 4.99 Å². The highest BCUT2D eigenvalue weighted by atomic mass is 32.1. The fourth-order valence-corrected chi connectivity index (χ4v) is 5.51. The molecule has 0 spiro atoms. The Kier molecular flexibility index (Phi) is 7.38. The second-order valence-corrected chi connectivity index (χ2v) is 10.1. The van der Waals surface area contributed by atoms with Crippen molar-refractivity contribution in [2.24, 2.45) is 4.99 Å². The molecule has 5 rings (SSSR count). The number of esters is 2. The average Bonchev–Trinajstić information content (AvgIpc) is 3.23. The number of aryl methyl sites for hydroxylation is 1. The molecule has 0 saturated heterocycles. The van der Waals surface area contributed by atoms with Crippen molar-refractivity contribution in [2.75, 3.05) is 6.61 Å².